The molecule has 3 aliphatic heterocycles. The molecule has 4 aromatic rings. The van der Waals surface area contributed by atoms with E-state index >= 15 is 4.39 Å². The topological polar surface area (TPSA) is 119 Å². The first-order valence-corrected chi connectivity index (χ1v) is 15.2. The van der Waals surface area contributed by atoms with Gasteiger partial charge in [0.05, 0.1) is 12.1 Å². The summed E-state index contributed by atoms with van der Waals surface area (Å²) >= 11 is 0. The van der Waals surface area contributed by atoms with Gasteiger partial charge in [0.25, 0.3) is 0 Å². The molecule has 2 aromatic heterocycles. The molecule has 4 aliphatic rings. The Balaban J connectivity index is 1.40. The Morgan fingerprint density at radius 2 is 2.02 bits per heavy atom. The average molecular weight is 571 g/mol. The predicted octanol–water partition coefficient (Wildman–Crippen LogP) is 4.51. The van der Waals surface area contributed by atoms with Crippen LogP contribution in [-0.4, -0.2) is 63.0 Å². The van der Waals surface area contributed by atoms with Crippen molar-refractivity contribution >= 4 is 33.2 Å². The molecule has 9 nitrogen and oxygen atoms in total. The van der Waals surface area contributed by atoms with Crippen LogP contribution in [0, 0.1) is 5.82 Å². The van der Waals surface area contributed by atoms with Crippen molar-refractivity contribution in [3.8, 4) is 23.1 Å². The van der Waals surface area contributed by atoms with Crippen molar-refractivity contribution in [1.29, 1.82) is 0 Å². The SMILES string of the molecule is CCc1cccc2cc(N)cc(-c3nc4c5c(nc(O[C@@H]6CCC[C@H]6O)nc5c3F)N3C[C@H]5CC[C@H](N5)[C@H]3[C@H](C)O4)c12. The van der Waals surface area contributed by atoms with Gasteiger partial charge in [0.15, 0.2) is 5.82 Å². The molecule has 5 heterocycles. The van der Waals surface area contributed by atoms with Gasteiger partial charge in [0, 0.05) is 29.9 Å². The number of hydrogen-bond donors (Lipinski definition) is 3. The third-order valence-electron chi connectivity index (χ3n) is 9.62. The van der Waals surface area contributed by atoms with E-state index in [1.165, 1.54) is 0 Å². The molecular weight excluding hydrogens is 535 g/mol. The van der Waals surface area contributed by atoms with Crippen molar-refractivity contribution in [2.75, 3.05) is 17.2 Å². The van der Waals surface area contributed by atoms with E-state index in [0.29, 0.717) is 47.2 Å². The number of aliphatic hydroxyl groups is 1. The first-order chi connectivity index (χ1) is 20.4. The zero-order valence-corrected chi connectivity index (χ0v) is 23.8. The Hall–Kier alpha value is -3.76. The molecular formula is C32H35FN6O3. The number of fused-ring (bicyclic) bond motifs is 6. The number of halogens is 1. The van der Waals surface area contributed by atoms with Crippen LogP contribution in [0.4, 0.5) is 15.9 Å². The molecule has 1 aliphatic carbocycles. The zero-order valence-electron chi connectivity index (χ0n) is 23.8. The molecule has 6 atom stereocenters. The van der Waals surface area contributed by atoms with Crippen molar-refractivity contribution in [2.45, 2.75) is 88.8 Å². The van der Waals surface area contributed by atoms with Crippen LogP contribution < -0.4 is 25.4 Å². The fraction of sp³-hybridized carbons (Fsp3) is 0.469. The van der Waals surface area contributed by atoms with E-state index in [0.717, 1.165) is 48.6 Å². The standard InChI is InChI=1S/C32H35FN6O3/c1-3-16-6-4-7-17-12-18(34)13-20(24(16)17)27-26(33)28-25-30(38-32(37-28)42-23-9-5-8-22(23)40)39-14-19-10-11-21(35-19)29(39)15(2)41-31(25)36-27/h4,6-7,12-13,15,19,21-23,29,35,40H,3,5,8-11,14,34H2,1-2H3/t15-,19+,21-,22+,23+,29+/m0/s1. The summed E-state index contributed by atoms with van der Waals surface area (Å²) in [6.45, 7) is 4.84. The second-order valence-corrected chi connectivity index (χ2v) is 12.2. The normalized spacial score (nSPS) is 28.1. The number of aliphatic hydroxyl groups excluding tert-OH is 1. The lowest BCUT2D eigenvalue weighted by Crippen LogP contribution is -2.62. The molecule has 0 unspecified atom stereocenters. The van der Waals surface area contributed by atoms with Gasteiger partial charge in [-0.15, -0.1) is 0 Å². The Morgan fingerprint density at radius 1 is 1.14 bits per heavy atom. The van der Waals surface area contributed by atoms with Crippen molar-refractivity contribution in [3.05, 3.63) is 41.7 Å². The van der Waals surface area contributed by atoms with E-state index in [-0.39, 0.29) is 35.4 Å². The van der Waals surface area contributed by atoms with E-state index in [1.54, 1.807) is 6.07 Å². The number of aryl methyl sites for hydroxylation is 1. The van der Waals surface area contributed by atoms with Crippen molar-refractivity contribution in [1.82, 2.24) is 20.3 Å². The maximum absolute atomic E-state index is 17.0. The van der Waals surface area contributed by atoms with Gasteiger partial charge in [-0.1, -0.05) is 25.1 Å². The van der Waals surface area contributed by atoms with E-state index in [2.05, 4.69) is 22.1 Å². The summed E-state index contributed by atoms with van der Waals surface area (Å²) in [6.07, 6.45) is 3.81. The number of aromatic nitrogens is 3. The molecule has 0 spiro atoms. The number of nitrogens with zero attached hydrogens (tertiary/aromatic N) is 4. The number of rotatable bonds is 4. The molecule has 0 radical (unpaired) electrons. The number of anilines is 2. The Kier molecular flexibility index (Phi) is 5.95. The third kappa shape index (κ3) is 3.91. The highest BCUT2D eigenvalue weighted by Gasteiger charge is 2.47. The van der Waals surface area contributed by atoms with Gasteiger partial charge in [-0.05, 0) is 73.9 Å². The minimum absolute atomic E-state index is 0.0209. The highest BCUT2D eigenvalue weighted by Crippen LogP contribution is 2.45. The number of piperazine rings is 1. The van der Waals surface area contributed by atoms with Crippen LogP contribution in [0.15, 0.2) is 30.3 Å². The monoisotopic (exact) mass is 570 g/mol. The number of benzene rings is 2. The number of nitrogen functional groups attached to an aromatic ring is 1. The lowest BCUT2D eigenvalue weighted by molar-refractivity contribution is 0.0544. The molecule has 2 aromatic carbocycles. The van der Waals surface area contributed by atoms with Gasteiger partial charge in [0.2, 0.25) is 5.88 Å². The minimum atomic E-state index is -0.603. The first-order valence-electron chi connectivity index (χ1n) is 15.2. The van der Waals surface area contributed by atoms with Crippen LogP contribution in [0.25, 0.3) is 32.9 Å². The van der Waals surface area contributed by atoms with E-state index in [1.807, 2.05) is 31.2 Å². The van der Waals surface area contributed by atoms with Crippen LogP contribution in [0.2, 0.25) is 0 Å². The molecule has 2 bridgehead atoms. The van der Waals surface area contributed by atoms with Gasteiger partial charge in [0.1, 0.15) is 34.6 Å². The largest absolute Gasteiger partial charge is 0.472 e. The van der Waals surface area contributed by atoms with E-state index < -0.39 is 18.0 Å². The molecule has 1 saturated carbocycles. The van der Waals surface area contributed by atoms with Gasteiger partial charge < -0.3 is 30.5 Å². The van der Waals surface area contributed by atoms with Gasteiger partial charge in [-0.2, -0.15) is 9.97 Å². The first kappa shape index (κ1) is 25.9. The quantitative estimate of drug-likeness (QED) is 0.305. The number of ether oxygens (including phenoxy) is 2. The van der Waals surface area contributed by atoms with Crippen LogP contribution in [0.5, 0.6) is 11.9 Å². The predicted molar refractivity (Wildman–Crippen MR) is 159 cm³/mol. The highest BCUT2D eigenvalue weighted by atomic mass is 19.1. The molecule has 218 valence electrons. The smallest absolute Gasteiger partial charge is 0.319 e. The number of pyridine rings is 1. The Labute approximate surface area is 243 Å². The molecule has 3 fully saturated rings. The van der Waals surface area contributed by atoms with Crippen LogP contribution in [-0.2, 0) is 6.42 Å². The molecule has 42 heavy (non-hydrogen) atoms. The van der Waals surface area contributed by atoms with Gasteiger partial charge in [-0.3, -0.25) is 0 Å². The summed E-state index contributed by atoms with van der Waals surface area (Å²) in [5.41, 5.74) is 8.79. The van der Waals surface area contributed by atoms with Crippen molar-refractivity contribution < 1.29 is 19.0 Å². The zero-order chi connectivity index (χ0) is 28.7. The number of nitrogens with two attached hydrogens (primary N) is 1. The lowest BCUT2D eigenvalue weighted by atomic mass is 9.94. The van der Waals surface area contributed by atoms with Crippen LogP contribution in [0.1, 0.15) is 51.5 Å². The molecule has 2 saturated heterocycles. The van der Waals surface area contributed by atoms with Crippen molar-refractivity contribution in [3.63, 3.8) is 0 Å². The molecule has 4 N–H and O–H groups in total. The fourth-order valence-corrected chi connectivity index (χ4v) is 7.71. The van der Waals surface area contributed by atoms with E-state index in [9.17, 15) is 5.11 Å². The van der Waals surface area contributed by atoms with Gasteiger partial charge in [-0.25, -0.2) is 9.37 Å². The number of nitrogens with one attached hydrogen (secondary N) is 1. The van der Waals surface area contributed by atoms with Gasteiger partial charge >= 0.3 is 6.01 Å². The summed E-state index contributed by atoms with van der Waals surface area (Å²) < 4.78 is 29.8. The summed E-state index contributed by atoms with van der Waals surface area (Å²) in [5, 5.41) is 16.5. The summed E-state index contributed by atoms with van der Waals surface area (Å²) in [4.78, 5) is 16.7. The van der Waals surface area contributed by atoms with Crippen LogP contribution >= 0.6 is 0 Å². The lowest BCUT2D eigenvalue weighted by Gasteiger charge is -2.42. The Morgan fingerprint density at radius 3 is 2.83 bits per heavy atom. The summed E-state index contributed by atoms with van der Waals surface area (Å²) in [6, 6.07) is 10.3. The maximum Gasteiger partial charge on any atom is 0.319 e. The number of hydrogen-bond acceptors (Lipinski definition) is 9. The highest BCUT2D eigenvalue weighted by molar-refractivity contribution is 6.04. The Bertz CT molecular complexity index is 1730. The summed E-state index contributed by atoms with van der Waals surface area (Å²) in [5.74, 6) is 0.320. The maximum atomic E-state index is 17.0. The van der Waals surface area contributed by atoms with Crippen LogP contribution in [0.3, 0.4) is 0 Å². The second kappa shape index (κ2) is 9.64. The summed E-state index contributed by atoms with van der Waals surface area (Å²) in [7, 11) is 0. The average Bonchev–Trinajstić information content (AvgIpc) is 3.53. The molecule has 8 rings (SSSR count). The minimum Gasteiger partial charge on any atom is -0.472 e. The fourth-order valence-electron chi connectivity index (χ4n) is 7.71. The van der Waals surface area contributed by atoms with Crippen molar-refractivity contribution in [2.24, 2.45) is 0 Å². The third-order valence-corrected chi connectivity index (χ3v) is 9.62. The molecule has 10 heteroatoms. The van der Waals surface area contributed by atoms with E-state index in [4.69, 9.17) is 25.2 Å². The second-order valence-electron chi connectivity index (χ2n) is 12.2. The molecule has 0 amide bonds.